The molecule has 0 aliphatic heterocycles. The second-order valence-corrected chi connectivity index (χ2v) is 26.9. The molecule has 234 valence electrons. The number of esters is 1. The minimum absolute atomic E-state index is 0.0423. The second kappa shape index (κ2) is 11.0. The van der Waals surface area contributed by atoms with Crippen molar-refractivity contribution in [3.05, 3.63) is 23.3 Å². The molecule has 0 unspecified atom stereocenters. The maximum Gasteiger partial charge on any atom is 0.330 e. The van der Waals surface area contributed by atoms with E-state index in [2.05, 4.69) is 87.7 Å². The number of fused-ring (bicyclic) bond motifs is 5. The highest BCUT2D eigenvalue weighted by Gasteiger charge is 2.61. The van der Waals surface area contributed by atoms with Crippen LogP contribution in [-0.2, 0) is 18.4 Å². The molecular weight excluding hydrogens is 541 g/mol. The zero-order valence-electron chi connectivity index (χ0n) is 28.8. The predicted molar refractivity (Wildman–Crippen MR) is 176 cm³/mol. The van der Waals surface area contributed by atoms with Gasteiger partial charge in [0, 0.05) is 11.5 Å². The Morgan fingerprint density at radius 3 is 2.17 bits per heavy atom. The van der Waals surface area contributed by atoms with Crippen molar-refractivity contribution in [1.82, 2.24) is 0 Å². The standard InChI is InChI=1S/C35H62O4Si2/c1-14-37-31(36)22-24-16-18-28-27-17-15-25-21-26(38-40(10,11)32(2,3)4)23-30(39-41(12,13)33(5,6)7)35(25,9)29(27)19-20-34(24,28)8/h15,22,26-30H,14,16-21,23H2,1-13H3/t26-,27+,28+,29+,30+,34-,35+/m1/s1. The van der Waals surface area contributed by atoms with Gasteiger partial charge in [0.05, 0.1) is 18.8 Å². The van der Waals surface area contributed by atoms with Gasteiger partial charge in [-0.2, -0.15) is 0 Å². The van der Waals surface area contributed by atoms with E-state index in [1.54, 1.807) is 5.57 Å². The van der Waals surface area contributed by atoms with E-state index in [0.717, 1.165) is 32.1 Å². The molecule has 0 bridgehead atoms. The van der Waals surface area contributed by atoms with E-state index < -0.39 is 16.6 Å². The molecule has 3 fully saturated rings. The van der Waals surface area contributed by atoms with Crippen LogP contribution >= 0.6 is 0 Å². The van der Waals surface area contributed by atoms with Gasteiger partial charge >= 0.3 is 5.97 Å². The van der Waals surface area contributed by atoms with Crippen molar-refractivity contribution in [2.24, 2.45) is 28.6 Å². The van der Waals surface area contributed by atoms with Crippen LogP contribution in [0.4, 0.5) is 0 Å². The van der Waals surface area contributed by atoms with Crippen molar-refractivity contribution in [3.63, 3.8) is 0 Å². The minimum atomic E-state index is -2.01. The van der Waals surface area contributed by atoms with Gasteiger partial charge < -0.3 is 13.6 Å². The predicted octanol–water partition coefficient (Wildman–Crippen LogP) is 9.83. The van der Waals surface area contributed by atoms with E-state index in [9.17, 15) is 4.79 Å². The lowest BCUT2D eigenvalue weighted by Gasteiger charge is -2.61. The lowest BCUT2D eigenvalue weighted by atomic mass is 9.47. The van der Waals surface area contributed by atoms with Crippen molar-refractivity contribution in [2.75, 3.05) is 6.61 Å². The van der Waals surface area contributed by atoms with Crippen LogP contribution < -0.4 is 0 Å². The average Bonchev–Trinajstić information content (AvgIpc) is 3.14. The van der Waals surface area contributed by atoms with Crippen LogP contribution in [0.1, 0.15) is 107 Å². The van der Waals surface area contributed by atoms with Crippen molar-refractivity contribution < 1.29 is 18.4 Å². The van der Waals surface area contributed by atoms with Gasteiger partial charge in [-0.05, 0) is 111 Å². The molecule has 0 spiro atoms. The third kappa shape index (κ3) is 5.90. The molecule has 4 nitrogen and oxygen atoms in total. The van der Waals surface area contributed by atoms with Crippen LogP contribution in [0, 0.1) is 28.6 Å². The molecule has 0 saturated heterocycles. The van der Waals surface area contributed by atoms with Crippen LogP contribution in [0.2, 0.25) is 36.3 Å². The first kappa shape index (κ1) is 33.2. The van der Waals surface area contributed by atoms with Gasteiger partial charge in [0.25, 0.3) is 0 Å². The van der Waals surface area contributed by atoms with E-state index in [0.29, 0.717) is 24.4 Å². The number of hydrogen-bond donors (Lipinski definition) is 0. The second-order valence-electron chi connectivity index (χ2n) is 17.3. The van der Waals surface area contributed by atoms with Gasteiger partial charge in [-0.25, -0.2) is 4.79 Å². The van der Waals surface area contributed by atoms with E-state index >= 15 is 0 Å². The highest BCUT2D eigenvalue weighted by Crippen LogP contribution is 2.67. The fraction of sp³-hybridized carbons (Fsp3) is 0.857. The first-order valence-corrected chi connectivity index (χ1v) is 22.4. The molecule has 0 N–H and O–H groups in total. The number of carbonyl (C=O) groups excluding carboxylic acids is 1. The summed E-state index contributed by atoms with van der Waals surface area (Å²) in [5.41, 5.74) is 3.09. The molecule has 41 heavy (non-hydrogen) atoms. The Kier molecular flexibility index (Phi) is 8.93. The molecular formula is C35H62O4Si2. The molecule has 7 atom stereocenters. The lowest BCUT2D eigenvalue weighted by molar-refractivity contribution is -0.137. The number of rotatable bonds is 6. The van der Waals surface area contributed by atoms with Crippen molar-refractivity contribution >= 4 is 22.6 Å². The Balaban J connectivity index is 1.70. The Bertz CT molecular complexity index is 1060. The maximum absolute atomic E-state index is 12.5. The highest BCUT2D eigenvalue weighted by molar-refractivity contribution is 6.74. The Morgan fingerprint density at radius 1 is 0.976 bits per heavy atom. The Labute approximate surface area is 254 Å². The maximum atomic E-state index is 12.5. The first-order chi connectivity index (χ1) is 18.7. The van der Waals surface area contributed by atoms with Crippen LogP contribution in [-0.4, -0.2) is 41.4 Å². The summed E-state index contributed by atoms with van der Waals surface area (Å²) < 4.78 is 20.0. The van der Waals surface area contributed by atoms with Crippen molar-refractivity contribution in [2.45, 2.75) is 156 Å². The largest absolute Gasteiger partial charge is 0.463 e. The van der Waals surface area contributed by atoms with Gasteiger partial charge in [-0.15, -0.1) is 0 Å². The van der Waals surface area contributed by atoms with E-state index in [1.165, 1.54) is 18.4 Å². The minimum Gasteiger partial charge on any atom is -0.463 e. The third-order valence-corrected chi connectivity index (χ3v) is 22.1. The topological polar surface area (TPSA) is 44.8 Å². The molecule has 0 aromatic carbocycles. The molecule has 0 aromatic heterocycles. The molecule has 0 aromatic rings. The highest BCUT2D eigenvalue weighted by atomic mass is 28.4. The fourth-order valence-corrected chi connectivity index (χ4v) is 11.2. The lowest BCUT2D eigenvalue weighted by Crippen LogP contribution is -2.59. The van der Waals surface area contributed by atoms with Crippen molar-refractivity contribution in [3.8, 4) is 0 Å². The van der Waals surface area contributed by atoms with Gasteiger partial charge in [0.2, 0.25) is 0 Å². The molecule has 4 rings (SSSR count). The van der Waals surface area contributed by atoms with Gasteiger partial charge in [0.1, 0.15) is 0 Å². The summed E-state index contributed by atoms with van der Waals surface area (Å²) in [6, 6.07) is 0. The van der Waals surface area contributed by atoms with Crippen molar-refractivity contribution in [1.29, 1.82) is 0 Å². The first-order valence-electron chi connectivity index (χ1n) is 16.6. The molecule has 0 radical (unpaired) electrons. The number of allylic oxidation sites excluding steroid dienone is 2. The zero-order chi connectivity index (χ0) is 30.8. The van der Waals surface area contributed by atoms with Crippen LogP contribution in [0.15, 0.2) is 23.3 Å². The molecule has 0 amide bonds. The average molecular weight is 603 g/mol. The summed E-state index contributed by atoms with van der Waals surface area (Å²) in [6.45, 7) is 31.2. The molecule has 4 aliphatic rings. The number of carbonyl (C=O) groups is 1. The summed E-state index contributed by atoms with van der Waals surface area (Å²) in [5.74, 6) is 1.71. The normalized spacial score (nSPS) is 37.2. The molecule has 4 aliphatic carbocycles. The van der Waals surface area contributed by atoms with Gasteiger partial charge in [-0.3, -0.25) is 0 Å². The fourth-order valence-electron chi connectivity index (χ4n) is 8.46. The van der Waals surface area contributed by atoms with Crippen LogP contribution in [0.5, 0.6) is 0 Å². The molecule has 6 heteroatoms. The Morgan fingerprint density at radius 2 is 1.59 bits per heavy atom. The number of hydrogen-bond acceptors (Lipinski definition) is 4. The van der Waals surface area contributed by atoms with Gasteiger partial charge in [-0.1, -0.05) is 72.6 Å². The Hall–Kier alpha value is -0.696. The summed E-state index contributed by atoms with van der Waals surface area (Å²) in [6.07, 6.45) is 12.7. The number of ether oxygens (including phenoxy) is 1. The van der Waals surface area contributed by atoms with Crippen LogP contribution in [0.25, 0.3) is 0 Å². The van der Waals surface area contributed by atoms with E-state index in [4.69, 9.17) is 13.6 Å². The van der Waals surface area contributed by atoms with E-state index in [1.807, 2.05) is 13.0 Å². The zero-order valence-corrected chi connectivity index (χ0v) is 30.8. The molecule has 3 saturated carbocycles. The summed E-state index contributed by atoms with van der Waals surface area (Å²) in [4.78, 5) is 12.5. The van der Waals surface area contributed by atoms with E-state index in [-0.39, 0.29) is 39.1 Å². The quantitative estimate of drug-likeness (QED) is 0.131. The summed E-state index contributed by atoms with van der Waals surface area (Å²) in [7, 11) is -3.91. The van der Waals surface area contributed by atoms with Gasteiger partial charge in [0.15, 0.2) is 16.6 Å². The SMILES string of the molecule is CCOC(=O)C=C1CC[C@H]2[C@@H]3CC=C4C[C@@H](O[Si](C)(C)C(C)(C)C)C[C@H](O[Si](C)(C)C(C)(C)C)[C@]4(C)[C@H]3CC[C@]12C. The summed E-state index contributed by atoms with van der Waals surface area (Å²) >= 11 is 0. The summed E-state index contributed by atoms with van der Waals surface area (Å²) in [5, 5.41) is 0.360. The monoisotopic (exact) mass is 602 g/mol. The van der Waals surface area contributed by atoms with Crippen LogP contribution in [0.3, 0.4) is 0 Å². The smallest absolute Gasteiger partial charge is 0.330 e. The molecule has 0 heterocycles. The third-order valence-electron chi connectivity index (χ3n) is 13.1.